The Labute approximate surface area is 122 Å². The zero-order valence-electron chi connectivity index (χ0n) is 12.2. The predicted octanol–water partition coefficient (Wildman–Crippen LogP) is -0.110. The molecule has 1 saturated heterocycles. The number of methoxy groups -OCH3 is 3. The highest BCUT2D eigenvalue weighted by atomic mass is 16.5. The van der Waals surface area contributed by atoms with Crippen molar-refractivity contribution >= 4 is 5.91 Å². The number of rotatable bonds is 4. The van der Waals surface area contributed by atoms with Crippen LogP contribution >= 0.6 is 0 Å². The van der Waals surface area contributed by atoms with Crippen molar-refractivity contribution in [1.29, 1.82) is 0 Å². The van der Waals surface area contributed by atoms with Gasteiger partial charge in [-0.1, -0.05) is 0 Å². The maximum Gasteiger partial charge on any atom is 0.257 e. The van der Waals surface area contributed by atoms with E-state index in [0.29, 0.717) is 17.2 Å². The van der Waals surface area contributed by atoms with Crippen LogP contribution in [0.1, 0.15) is 10.4 Å². The molecule has 0 radical (unpaired) electrons. The van der Waals surface area contributed by atoms with Crippen molar-refractivity contribution < 1.29 is 29.2 Å². The quantitative estimate of drug-likeness (QED) is 0.806. The molecule has 0 bridgehead atoms. The first kappa shape index (κ1) is 15.4. The molecule has 1 aromatic carbocycles. The highest BCUT2D eigenvalue weighted by molar-refractivity contribution is 5.98. The smallest absolute Gasteiger partial charge is 0.257 e. The summed E-state index contributed by atoms with van der Waals surface area (Å²) < 4.78 is 15.6. The van der Waals surface area contributed by atoms with Crippen LogP contribution in [-0.2, 0) is 0 Å². The SMILES string of the molecule is COc1cc(OC)c(C(=O)N2CC(O)C(O)C2)cc1OC. The van der Waals surface area contributed by atoms with Crippen molar-refractivity contribution in [3.05, 3.63) is 17.7 Å². The van der Waals surface area contributed by atoms with E-state index in [-0.39, 0.29) is 24.6 Å². The molecular weight excluding hydrogens is 278 g/mol. The molecular formula is C14H19NO6. The number of aliphatic hydroxyl groups is 2. The van der Waals surface area contributed by atoms with Gasteiger partial charge in [0, 0.05) is 25.2 Å². The van der Waals surface area contributed by atoms with Crippen molar-refractivity contribution in [3.8, 4) is 17.2 Å². The molecule has 2 N–H and O–H groups in total. The average molecular weight is 297 g/mol. The monoisotopic (exact) mass is 297 g/mol. The number of ether oxygens (including phenoxy) is 3. The first-order valence-electron chi connectivity index (χ1n) is 6.47. The van der Waals surface area contributed by atoms with Gasteiger partial charge in [0.15, 0.2) is 11.5 Å². The van der Waals surface area contributed by atoms with Gasteiger partial charge in [-0.2, -0.15) is 0 Å². The molecule has 1 aromatic rings. The van der Waals surface area contributed by atoms with Crippen LogP contribution in [-0.4, -0.2) is 67.6 Å². The number of benzene rings is 1. The van der Waals surface area contributed by atoms with Crippen LogP contribution in [0.4, 0.5) is 0 Å². The third kappa shape index (κ3) is 2.88. The fourth-order valence-electron chi connectivity index (χ4n) is 2.30. The molecule has 0 aromatic heterocycles. The summed E-state index contributed by atoms with van der Waals surface area (Å²) in [4.78, 5) is 13.9. The Bertz CT molecular complexity index is 522. The number of carbonyl (C=O) groups excluding carboxylic acids is 1. The summed E-state index contributed by atoms with van der Waals surface area (Å²) in [5.41, 5.74) is 0.288. The molecule has 7 nitrogen and oxygen atoms in total. The van der Waals surface area contributed by atoms with Crippen LogP contribution < -0.4 is 14.2 Å². The fraction of sp³-hybridized carbons (Fsp3) is 0.500. The van der Waals surface area contributed by atoms with Gasteiger partial charge in [-0.25, -0.2) is 0 Å². The van der Waals surface area contributed by atoms with Crippen LogP contribution in [0.15, 0.2) is 12.1 Å². The maximum absolute atomic E-state index is 12.5. The number of nitrogens with zero attached hydrogens (tertiary/aromatic N) is 1. The second kappa shape index (κ2) is 6.19. The summed E-state index contributed by atoms with van der Waals surface area (Å²) in [5.74, 6) is 0.853. The lowest BCUT2D eigenvalue weighted by molar-refractivity contribution is 0.0572. The molecule has 7 heteroatoms. The van der Waals surface area contributed by atoms with Gasteiger partial charge >= 0.3 is 0 Å². The molecule has 2 atom stereocenters. The van der Waals surface area contributed by atoms with Crippen molar-refractivity contribution in [2.75, 3.05) is 34.4 Å². The third-order valence-corrected chi connectivity index (χ3v) is 3.48. The Hall–Kier alpha value is -1.99. The van der Waals surface area contributed by atoms with Crippen molar-refractivity contribution in [2.24, 2.45) is 0 Å². The van der Waals surface area contributed by atoms with Gasteiger partial charge < -0.3 is 29.3 Å². The minimum atomic E-state index is -0.930. The van der Waals surface area contributed by atoms with E-state index in [1.807, 2.05) is 0 Å². The lowest BCUT2D eigenvalue weighted by Gasteiger charge is -2.19. The largest absolute Gasteiger partial charge is 0.496 e. The minimum Gasteiger partial charge on any atom is -0.496 e. The van der Waals surface area contributed by atoms with E-state index in [2.05, 4.69) is 0 Å². The summed E-state index contributed by atoms with van der Waals surface area (Å²) in [6, 6.07) is 3.09. The summed E-state index contributed by atoms with van der Waals surface area (Å²) in [6.45, 7) is 0.162. The normalized spacial score (nSPS) is 21.3. The van der Waals surface area contributed by atoms with Crippen molar-refractivity contribution in [3.63, 3.8) is 0 Å². The first-order valence-corrected chi connectivity index (χ1v) is 6.47. The summed E-state index contributed by atoms with van der Waals surface area (Å²) in [5, 5.41) is 19.1. The molecule has 0 spiro atoms. The van der Waals surface area contributed by atoms with Gasteiger partial charge in [0.1, 0.15) is 5.75 Å². The zero-order valence-corrected chi connectivity index (χ0v) is 12.2. The zero-order chi connectivity index (χ0) is 15.6. The van der Waals surface area contributed by atoms with E-state index in [0.717, 1.165) is 0 Å². The number of hydrogen-bond donors (Lipinski definition) is 2. The average Bonchev–Trinajstić information content (AvgIpc) is 2.84. The highest BCUT2D eigenvalue weighted by Crippen LogP contribution is 2.35. The molecule has 116 valence electrons. The lowest BCUT2D eigenvalue weighted by atomic mass is 10.1. The van der Waals surface area contributed by atoms with Gasteiger partial charge in [-0.3, -0.25) is 4.79 Å². The van der Waals surface area contributed by atoms with Crippen LogP contribution in [0.3, 0.4) is 0 Å². The molecule has 2 rings (SSSR count). The van der Waals surface area contributed by atoms with Crippen LogP contribution in [0.2, 0.25) is 0 Å². The topological polar surface area (TPSA) is 88.5 Å². The molecule has 1 heterocycles. The summed E-state index contributed by atoms with van der Waals surface area (Å²) in [6.07, 6.45) is -1.86. The number of amides is 1. The number of likely N-dealkylation sites (tertiary alicyclic amines) is 1. The van der Waals surface area contributed by atoms with E-state index < -0.39 is 12.2 Å². The second-order valence-electron chi connectivity index (χ2n) is 4.75. The van der Waals surface area contributed by atoms with Crippen LogP contribution in [0, 0.1) is 0 Å². The summed E-state index contributed by atoms with van der Waals surface area (Å²) in [7, 11) is 4.42. The van der Waals surface area contributed by atoms with E-state index in [4.69, 9.17) is 14.2 Å². The van der Waals surface area contributed by atoms with Gasteiger partial charge in [-0.05, 0) is 0 Å². The first-order chi connectivity index (χ1) is 10.0. The molecule has 1 aliphatic heterocycles. The van der Waals surface area contributed by atoms with E-state index in [9.17, 15) is 15.0 Å². The van der Waals surface area contributed by atoms with Gasteiger partial charge in [0.25, 0.3) is 5.91 Å². The third-order valence-electron chi connectivity index (χ3n) is 3.48. The second-order valence-corrected chi connectivity index (χ2v) is 4.75. The van der Waals surface area contributed by atoms with E-state index >= 15 is 0 Å². The lowest BCUT2D eigenvalue weighted by Crippen LogP contribution is -2.30. The Balaban J connectivity index is 2.36. The molecule has 2 unspecified atom stereocenters. The number of carbonyl (C=O) groups is 1. The predicted molar refractivity (Wildman–Crippen MR) is 74.0 cm³/mol. The Morgan fingerprint density at radius 3 is 1.95 bits per heavy atom. The van der Waals surface area contributed by atoms with E-state index in [1.165, 1.54) is 32.3 Å². The Morgan fingerprint density at radius 2 is 1.48 bits per heavy atom. The number of aliphatic hydroxyl groups excluding tert-OH is 2. The van der Waals surface area contributed by atoms with Gasteiger partial charge in [-0.15, -0.1) is 0 Å². The Morgan fingerprint density at radius 1 is 1.00 bits per heavy atom. The van der Waals surface area contributed by atoms with Crippen molar-refractivity contribution in [1.82, 2.24) is 4.90 Å². The summed E-state index contributed by atoms with van der Waals surface area (Å²) >= 11 is 0. The van der Waals surface area contributed by atoms with Crippen LogP contribution in [0.25, 0.3) is 0 Å². The Kier molecular flexibility index (Phi) is 4.54. The number of β-amino-alcohol motifs (C(OH)–C–C–N with tert-alkyl or cyclic N) is 2. The van der Waals surface area contributed by atoms with Crippen molar-refractivity contribution in [2.45, 2.75) is 12.2 Å². The fourth-order valence-corrected chi connectivity index (χ4v) is 2.30. The molecule has 1 amide bonds. The molecule has 1 aliphatic rings. The standard InChI is InChI=1S/C14H19NO6/c1-19-11-5-13(21-3)12(20-2)4-8(11)14(18)15-6-9(16)10(17)7-15/h4-5,9-10,16-17H,6-7H2,1-3H3. The maximum atomic E-state index is 12.5. The van der Waals surface area contributed by atoms with Gasteiger partial charge in [0.05, 0.1) is 39.1 Å². The highest BCUT2D eigenvalue weighted by Gasteiger charge is 2.34. The molecule has 1 fully saturated rings. The van der Waals surface area contributed by atoms with E-state index in [1.54, 1.807) is 6.07 Å². The number of hydrogen-bond acceptors (Lipinski definition) is 6. The molecule has 0 saturated carbocycles. The minimum absolute atomic E-state index is 0.0809. The van der Waals surface area contributed by atoms with Crippen LogP contribution in [0.5, 0.6) is 17.2 Å². The molecule has 0 aliphatic carbocycles. The van der Waals surface area contributed by atoms with Gasteiger partial charge in [0.2, 0.25) is 0 Å². The molecule has 21 heavy (non-hydrogen) atoms.